The Labute approximate surface area is 182 Å². The summed E-state index contributed by atoms with van der Waals surface area (Å²) in [6.45, 7) is 5.06. The van der Waals surface area contributed by atoms with Gasteiger partial charge in [0.25, 0.3) is 0 Å². The van der Waals surface area contributed by atoms with Crippen LogP contribution < -0.4 is 4.74 Å². The molecular formula is C19H14I2O6. The maximum atomic E-state index is 12.2. The lowest BCUT2D eigenvalue weighted by molar-refractivity contribution is -0.130. The van der Waals surface area contributed by atoms with Crippen molar-refractivity contribution in [2.24, 2.45) is 0 Å². The van der Waals surface area contributed by atoms with Gasteiger partial charge in [0.05, 0.1) is 18.3 Å². The molecule has 0 spiro atoms. The number of hydrogen-bond donors (Lipinski definition) is 1. The van der Waals surface area contributed by atoms with E-state index in [1.165, 1.54) is 18.2 Å². The molecule has 2 rings (SSSR count). The van der Waals surface area contributed by atoms with Crippen molar-refractivity contribution < 1.29 is 29.0 Å². The van der Waals surface area contributed by atoms with E-state index in [0.29, 0.717) is 18.5 Å². The minimum atomic E-state index is -1.20. The molecule has 0 heterocycles. The van der Waals surface area contributed by atoms with Crippen molar-refractivity contribution in [3.63, 3.8) is 0 Å². The van der Waals surface area contributed by atoms with E-state index in [4.69, 9.17) is 14.6 Å². The Hall–Kier alpha value is -1.95. The summed E-state index contributed by atoms with van der Waals surface area (Å²) in [6.07, 6.45) is 0. The molecular weight excluding hydrogens is 578 g/mol. The van der Waals surface area contributed by atoms with Crippen molar-refractivity contribution in [3.8, 4) is 5.75 Å². The van der Waals surface area contributed by atoms with E-state index >= 15 is 0 Å². The summed E-state index contributed by atoms with van der Waals surface area (Å²) in [5.41, 5.74) is 0.840. The number of rotatable bonds is 6. The van der Waals surface area contributed by atoms with E-state index in [1.54, 1.807) is 25.1 Å². The third-order valence-electron chi connectivity index (χ3n) is 3.35. The van der Waals surface area contributed by atoms with Gasteiger partial charge in [0.1, 0.15) is 6.61 Å². The summed E-state index contributed by atoms with van der Waals surface area (Å²) in [7, 11) is 0. The molecule has 8 heteroatoms. The Morgan fingerprint density at radius 3 is 2.15 bits per heavy atom. The van der Waals surface area contributed by atoms with Crippen LogP contribution in [0.5, 0.6) is 5.75 Å². The molecule has 0 aromatic heterocycles. The standard InChI is InChI=1S/C19H14I2O6/c1-10(2)18(24)27-16-14(20)7-11(8-15(16)21)9-26-19(25)13-6-4-3-5-12(13)17(22)23/h3-8H,1,9H2,2H3,(H,22,23). The van der Waals surface area contributed by atoms with Gasteiger partial charge in [-0.15, -0.1) is 0 Å². The highest BCUT2D eigenvalue weighted by Gasteiger charge is 2.18. The number of hydrogen-bond acceptors (Lipinski definition) is 5. The molecule has 2 aromatic rings. The van der Waals surface area contributed by atoms with Gasteiger partial charge in [-0.3, -0.25) is 0 Å². The third kappa shape index (κ3) is 5.51. The van der Waals surface area contributed by atoms with Gasteiger partial charge >= 0.3 is 17.9 Å². The van der Waals surface area contributed by atoms with Crippen LogP contribution in [0.25, 0.3) is 0 Å². The molecule has 1 N–H and O–H groups in total. The maximum absolute atomic E-state index is 12.2. The van der Waals surface area contributed by atoms with E-state index in [1.807, 2.05) is 45.2 Å². The number of ether oxygens (including phenoxy) is 2. The smallest absolute Gasteiger partial charge is 0.339 e. The van der Waals surface area contributed by atoms with Crippen molar-refractivity contribution in [1.29, 1.82) is 0 Å². The minimum Gasteiger partial charge on any atom is -0.478 e. The second-order valence-electron chi connectivity index (χ2n) is 5.49. The molecule has 0 fully saturated rings. The fraction of sp³-hybridized carbons (Fsp3) is 0.105. The van der Waals surface area contributed by atoms with Gasteiger partial charge in [-0.05, 0) is 81.9 Å². The molecule has 0 saturated heterocycles. The number of halogens is 2. The van der Waals surface area contributed by atoms with E-state index in [9.17, 15) is 14.4 Å². The molecule has 0 aliphatic heterocycles. The molecule has 0 bridgehead atoms. The van der Waals surface area contributed by atoms with Crippen LogP contribution in [-0.2, 0) is 16.1 Å². The molecule has 2 aromatic carbocycles. The zero-order chi connectivity index (χ0) is 20.1. The Morgan fingerprint density at radius 1 is 1.07 bits per heavy atom. The molecule has 0 atom stereocenters. The third-order valence-corrected chi connectivity index (χ3v) is 4.95. The fourth-order valence-corrected chi connectivity index (χ4v) is 4.16. The molecule has 140 valence electrons. The Balaban J connectivity index is 2.15. The SMILES string of the molecule is C=C(C)C(=O)Oc1c(I)cc(COC(=O)c2ccccc2C(=O)O)cc1I. The number of esters is 2. The highest BCUT2D eigenvalue weighted by Crippen LogP contribution is 2.30. The predicted octanol–water partition coefficient (Wildman–Crippen LogP) is 4.43. The summed E-state index contributed by atoms with van der Waals surface area (Å²) < 4.78 is 11.9. The zero-order valence-electron chi connectivity index (χ0n) is 14.1. The minimum absolute atomic E-state index is 0.0126. The lowest BCUT2D eigenvalue weighted by atomic mass is 10.1. The first-order chi connectivity index (χ1) is 12.7. The fourth-order valence-electron chi connectivity index (χ4n) is 2.05. The molecule has 0 unspecified atom stereocenters. The first-order valence-corrected chi connectivity index (χ1v) is 9.71. The molecule has 0 radical (unpaired) electrons. The Kier molecular flexibility index (Phi) is 7.36. The average Bonchev–Trinajstić information content (AvgIpc) is 2.62. The average molecular weight is 592 g/mol. The van der Waals surface area contributed by atoms with Crippen molar-refractivity contribution >= 4 is 63.1 Å². The van der Waals surface area contributed by atoms with Crippen LogP contribution >= 0.6 is 45.2 Å². The van der Waals surface area contributed by atoms with Crippen molar-refractivity contribution in [2.45, 2.75) is 13.5 Å². The number of carbonyl (C=O) groups is 3. The number of carboxylic acid groups (broad SMARTS) is 1. The number of carboxylic acids is 1. The van der Waals surface area contributed by atoms with E-state index in [0.717, 1.165) is 0 Å². The van der Waals surface area contributed by atoms with Crippen LogP contribution in [0.2, 0.25) is 0 Å². The van der Waals surface area contributed by atoms with Gasteiger partial charge in [0, 0.05) is 5.57 Å². The highest BCUT2D eigenvalue weighted by atomic mass is 127. The Bertz CT molecular complexity index is 913. The van der Waals surface area contributed by atoms with Gasteiger partial charge in [-0.2, -0.15) is 0 Å². The quantitative estimate of drug-likeness (QED) is 0.231. The van der Waals surface area contributed by atoms with Crippen LogP contribution in [-0.4, -0.2) is 23.0 Å². The monoisotopic (exact) mass is 592 g/mol. The van der Waals surface area contributed by atoms with Gasteiger partial charge in [0.15, 0.2) is 5.75 Å². The zero-order valence-corrected chi connectivity index (χ0v) is 18.4. The maximum Gasteiger partial charge on any atom is 0.339 e. The summed E-state index contributed by atoms with van der Waals surface area (Å²) >= 11 is 4.04. The van der Waals surface area contributed by atoms with Crippen LogP contribution in [0.15, 0.2) is 48.6 Å². The molecule has 0 aliphatic carbocycles. The van der Waals surface area contributed by atoms with E-state index in [-0.39, 0.29) is 23.3 Å². The number of benzene rings is 2. The molecule has 6 nitrogen and oxygen atoms in total. The van der Waals surface area contributed by atoms with Gasteiger partial charge < -0.3 is 14.6 Å². The summed E-state index contributed by atoms with van der Waals surface area (Å²) in [5.74, 6) is -2.03. The van der Waals surface area contributed by atoms with Crippen molar-refractivity contribution in [3.05, 3.63) is 72.4 Å². The van der Waals surface area contributed by atoms with Crippen molar-refractivity contribution in [2.75, 3.05) is 0 Å². The van der Waals surface area contributed by atoms with Crippen LogP contribution in [0.3, 0.4) is 0 Å². The van der Waals surface area contributed by atoms with Crippen molar-refractivity contribution in [1.82, 2.24) is 0 Å². The van der Waals surface area contributed by atoms with Crippen LogP contribution in [0.4, 0.5) is 0 Å². The first-order valence-electron chi connectivity index (χ1n) is 7.55. The molecule has 0 amide bonds. The summed E-state index contributed by atoms with van der Waals surface area (Å²) in [4.78, 5) is 35.2. The van der Waals surface area contributed by atoms with Crippen LogP contribution in [0.1, 0.15) is 33.2 Å². The number of aromatic carboxylic acids is 1. The summed E-state index contributed by atoms with van der Waals surface area (Å²) in [6, 6.07) is 9.30. The molecule has 0 aliphatic rings. The van der Waals surface area contributed by atoms with E-state index in [2.05, 4.69) is 6.58 Å². The number of carbonyl (C=O) groups excluding carboxylic acids is 2. The molecule has 27 heavy (non-hydrogen) atoms. The van der Waals surface area contributed by atoms with Gasteiger partial charge in [-0.1, -0.05) is 18.7 Å². The first kappa shape index (κ1) is 21.4. The lowest BCUT2D eigenvalue weighted by Gasteiger charge is -2.12. The van der Waals surface area contributed by atoms with Crippen LogP contribution in [0, 0.1) is 7.14 Å². The van der Waals surface area contributed by atoms with E-state index < -0.39 is 17.9 Å². The highest BCUT2D eigenvalue weighted by molar-refractivity contribution is 14.1. The lowest BCUT2D eigenvalue weighted by Crippen LogP contribution is -2.12. The normalized spacial score (nSPS) is 10.2. The molecule has 0 saturated carbocycles. The summed E-state index contributed by atoms with van der Waals surface area (Å²) in [5, 5.41) is 9.16. The second-order valence-corrected chi connectivity index (χ2v) is 7.81. The van der Waals surface area contributed by atoms with Gasteiger partial charge in [0.2, 0.25) is 0 Å². The second kappa shape index (κ2) is 9.31. The topological polar surface area (TPSA) is 89.9 Å². The van der Waals surface area contributed by atoms with Gasteiger partial charge in [-0.25, -0.2) is 14.4 Å². The largest absolute Gasteiger partial charge is 0.478 e. The predicted molar refractivity (Wildman–Crippen MR) is 115 cm³/mol. The Morgan fingerprint density at radius 2 is 1.63 bits per heavy atom.